The van der Waals surface area contributed by atoms with Crippen LogP contribution >= 0.6 is 0 Å². The Bertz CT molecular complexity index is 1650. The maximum absolute atomic E-state index is 15.9. The van der Waals surface area contributed by atoms with Crippen molar-refractivity contribution >= 4 is 23.2 Å². The van der Waals surface area contributed by atoms with Gasteiger partial charge in [-0.1, -0.05) is 0 Å². The summed E-state index contributed by atoms with van der Waals surface area (Å²) in [6, 6.07) is 8.84. The number of carbonyl (C=O) groups is 1. The maximum Gasteiger partial charge on any atom is 0.349 e. The van der Waals surface area contributed by atoms with Gasteiger partial charge in [0.2, 0.25) is 0 Å². The lowest BCUT2D eigenvalue weighted by molar-refractivity contribution is -0.131. The van der Waals surface area contributed by atoms with Crippen LogP contribution in [-0.2, 0) is 4.79 Å². The van der Waals surface area contributed by atoms with Crippen molar-refractivity contribution in [3.8, 4) is 23.1 Å². The number of nitrogen functional groups attached to an aromatic ring is 2. The average Bonchev–Trinajstić information content (AvgIpc) is 3.32. The van der Waals surface area contributed by atoms with Crippen LogP contribution in [0.4, 0.5) is 15.8 Å². The van der Waals surface area contributed by atoms with E-state index in [0.717, 1.165) is 4.68 Å². The topological polar surface area (TPSA) is 216 Å². The summed E-state index contributed by atoms with van der Waals surface area (Å²) in [5.74, 6) is -1.88. The summed E-state index contributed by atoms with van der Waals surface area (Å²) in [6.45, 7) is 0.616. The van der Waals surface area contributed by atoms with Crippen molar-refractivity contribution in [2.24, 2.45) is 5.73 Å². The number of nitrogens with two attached hydrogens (primary N) is 2. The molecule has 2 aromatic carbocycles. The maximum atomic E-state index is 15.9. The Morgan fingerprint density at radius 3 is 2.71 bits per heavy atom. The molecule has 0 fully saturated rings. The van der Waals surface area contributed by atoms with Crippen molar-refractivity contribution in [3.63, 3.8) is 0 Å². The van der Waals surface area contributed by atoms with Gasteiger partial charge < -0.3 is 36.1 Å². The fourth-order valence-corrected chi connectivity index (χ4v) is 3.88. The van der Waals surface area contributed by atoms with Crippen molar-refractivity contribution in [3.05, 3.63) is 81.9 Å². The quantitative estimate of drug-likeness (QED) is 0.0661. The molecule has 4 aromatic rings. The van der Waals surface area contributed by atoms with E-state index >= 15 is 4.39 Å². The first-order chi connectivity index (χ1) is 19.6. The number of pyridine rings is 1. The normalized spacial score (nSPS) is 11.5. The highest BCUT2D eigenvalue weighted by molar-refractivity contribution is 5.96. The predicted octanol–water partition coefficient (Wildman–Crippen LogP) is 1.47. The molecule has 0 aliphatic heterocycles. The molecule has 1 atom stereocenters. The molecule has 0 amide bonds. The second-order valence-corrected chi connectivity index (χ2v) is 8.54. The average molecular weight is 567 g/mol. The first-order valence-electron chi connectivity index (χ1n) is 12.1. The van der Waals surface area contributed by atoms with Crippen LogP contribution in [0.1, 0.15) is 29.9 Å². The minimum Gasteiger partial charge on any atom is -0.497 e. The van der Waals surface area contributed by atoms with Gasteiger partial charge in [0.25, 0.3) is 0 Å². The zero-order chi connectivity index (χ0) is 29.7. The molecule has 4 rings (SSSR count). The fraction of sp³-hybridized carbons (Fsp3) is 0.192. The number of aliphatic hydroxyl groups excluding tert-OH is 1. The summed E-state index contributed by atoms with van der Waals surface area (Å²) in [4.78, 5) is 31.5. The Labute approximate surface area is 232 Å². The second kappa shape index (κ2) is 12.2. The Morgan fingerprint density at radius 2 is 2.05 bits per heavy atom. The van der Waals surface area contributed by atoms with E-state index in [1.807, 2.05) is 0 Å². The van der Waals surface area contributed by atoms with Gasteiger partial charge in [0.15, 0.2) is 29.0 Å². The summed E-state index contributed by atoms with van der Waals surface area (Å²) < 4.78 is 32.9. The highest BCUT2D eigenvalue weighted by atomic mass is 19.1. The molecule has 0 saturated carbocycles. The van der Waals surface area contributed by atoms with Gasteiger partial charge in [-0.05, 0) is 36.4 Å². The number of halogens is 1. The number of amidine groups is 1. The molecule has 2 heterocycles. The van der Waals surface area contributed by atoms with Crippen LogP contribution in [0, 0.1) is 11.2 Å². The number of carbonyl (C=O) groups excluding carboxylic acids is 1. The minimum absolute atomic E-state index is 0.0222. The largest absolute Gasteiger partial charge is 0.497 e. The standard InChI is InChI=1S/C26H27FN8O6/c1-13(37)41-19-10-14(23(29)30)5-6-18(19)32-22(16-11-15(39-2)12-20(21(16)27)40-9-8-36)24-33-26(38)35(34-24)25-17(28)4-3-7-31-25/h3-7,10-12,22,32,36H,8-9,28H2,1-2H3,(H3,29,30)(H,33,34,38). The van der Waals surface area contributed by atoms with Gasteiger partial charge >= 0.3 is 11.7 Å². The van der Waals surface area contributed by atoms with Crippen molar-refractivity contribution < 1.29 is 28.5 Å². The summed E-state index contributed by atoms with van der Waals surface area (Å²) in [7, 11) is 1.37. The van der Waals surface area contributed by atoms with Gasteiger partial charge in [-0.3, -0.25) is 15.2 Å². The van der Waals surface area contributed by atoms with Crippen molar-refractivity contribution in [1.29, 1.82) is 5.41 Å². The van der Waals surface area contributed by atoms with Crippen molar-refractivity contribution in [2.45, 2.75) is 13.0 Å². The van der Waals surface area contributed by atoms with E-state index in [9.17, 15) is 14.7 Å². The molecule has 0 aliphatic carbocycles. The van der Waals surface area contributed by atoms with Gasteiger partial charge in [0, 0.05) is 30.3 Å². The van der Waals surface area contributed by atoms with E-state index in [1.165, 1.54) is 56.6 Å². The lowest BCUT2D eigenvalue weighted by Crippen LogP contribution is -2.19. The zero-order valence-corrected chi connectivity index (χ0v) is 22.0. The third-order valence-corrected chi connectivity index (χ3v) is 5.71. The number of hydrogen-bond donors (Lipinski definition) is 6. The lowest BCUT2D eigenvalue weighted by atomic mass is 10.0. The van der Waals surface area contributed by atoms with Crippen LogP contribution in [0.5, 0.6) is 17.2 Å². The molecule has 14 nitrogen and oxygen atoms in total. The van der Waals surface area contributed by atoms with Crippen LogP contribution in [0.3, 0.4) is 0 Å². The monoisotopic (exact) mass is 566 g/mol. The van der Waals surface area contributed by atoms with E-state index < -0.39 is 23.5 Å². The molecule has 15 heteroatoms. The molecule has 0 aliphatic rings. The van der Waals surface area contributed by atoms with E-state index in [1.54, 1.807) is 6.07 Å². The first-order valence-corrected chi connectivity index (χ1v) is 12.1. The number of aliphatic hydroxyl groups is 1. The van der Waals surface area contributed by atoms with Gasteiger partial charge in [0.1, 0.15) is 24.2 Å². The predicted molar refractivity (Wildman–Crippen MR) is 146 cm³/mol. The smallest absolute Gasteiger partial charge is 0.349 e. The number of benzene rings is 2. The number of anilines is 2. The highest BCUT2D eigenvalue weighted by Crippen LogP contribution is 2.37. The SMILES string of the molecule is COc1cc(OCCO)c(F)c(C(Nc2ccc(C(=N)N)cc2OC(C)=O)c2nn(-c3ncccc3N)c(=O)[nH]2)c1. The van der Waals surface area contributed by atoms with Crippen LogP contribution in [0.2, 0.25) is 0 Å². The number of ether oxygens (including phenoxy) is 3. The molecular formula is C26H27FN8O6. The van der Waals surface area contributed by atoms with Gasteiger partial charge in [-0.2, -0.15) is 4.68 Å². The molecular weight excluding hydrogens is 539 g/mol. The van der Waals surface area contributed by atoms with E-state index in [2.05, 4.69) is 20.4 Å². The number of H-pyrrole nitrogens is 1. The van der Waals surface area contributed by atoms with E-state index in [-0.39, 0.29) is 70.4 Å². The number of aromatic nitrogens is 4. The number of aromatic amines is 1. The molecule has 0 bridgehead atoms. The summed E-state index contributed by atoms with van der Waals surface area (Å²) >= 11 is 0. The van der Waals surface area contributed by atoms with Crippen molar-refractivity contribution in [2.75, 3.05) is 31.4 Å². The summed E-state index contributed by atoms with van der Waals surface area (Å²) in [6.07, 6.45) is 1.43. The molecule has 2 aromatic heterocycles. The van der Waals surface area contributed by atoms with Gasteiger partial charge in [-0.25, -0.2) is 14.2 Å². The fourth-order valence-electron chi connectivity index (χ4n) is 3.88. The Kier molecular flexibility index (Phi) is 8.48. The molecule has 0 saturated heterocycles. The Hall–Kier alpha value is -5.44. The van der Waals surface area contributed by atoms with Crippen LogP contribution < -0.4 is 36.7 Å². The molecule has 41 heavy (non-hydrogen) atoms. The number of nitrogens with one attached hydrogen (secondary N) is 3. The number of hydrogen-bond acceptors (Lipinski definition) is 11. The summed E-state index contributed by atoms with van der Waals surface area (Å²) in [5.41, 5.74) is 11.4. The van der Waals surface area contributed by atoms with Crippen molar-refractivity contribution in [1.82, 2.24) is 19.7 Å². The number of nitrogens with zero attached hydrogens (tertiary/aromatic N) is 3. The Morgan fingerprint density at radius 1 is 1.27 bits per heavy atom. The van der Waals surface area contributed by atoms with Gasteiger partial charge in [-0.15, -0.1) is 5.10 Å². The summed E-state index contributed by atoms with van der Waals surface area (Å²) in [5, 5.41) is 24.3. The number of esters is 1. The third kappa shape index (κ3) is 6.25. The third-order valence-electron chi connectivity index (χ3n) is 5.71. The molecule has 214 valence electrons. The Balaban J connectivity index is 1.92. The van der Waals surface area contributed by atoms with Gasteiger partial charge in [0.05, 0.1) is 25.1 Å². The number of methoxy groups -OCH3 is 1. The van der Waals surface area contributed by atoms with E-state index in [0.29, 0.717) is 0 Å². The van der Waals surface area contributed by atoms with E-state index in [4.69, 9.17) is 31.1 Å². The zero-order valence-electron chi connectivity index (χ0n) is 22.0. The van der Waals surface area contributed by atoms with Crippen LogP contribution in [-0.4, -0.2) is 57.0 Å². The van der Waals surface area contributed by atoms with Crippen LogP contribution in [0.15, 0.2) is 53.5 Å². The molecule has 8 N–H and O–H groups in total. The van der Waals surface area contributed by atoms with Crippen LogP contribution in [0.25, 0.3) is 5.82 Å². The first kappa shape index (κ1) is 28.6. The lowest BCUT2D eigenvalue weighted by Gasteiger charge is -2.22. The second-order valence-electron chi connectivity index (χ2n) is 8.54. The molecule has 0 spiro atoms. The highest BCUT2D eigenvalue weighted by Gasteiger charge is 2.28. The minimum atomic E-state index is -1.25. The number of rotatable bonds is 11. The molecule has 0 radical (unpaired) electrons. The molecule has 1 unspecified atom stereocenters.